The van der Waals surface area contributed by atoms with Crippen LogP contribution in [-0.2, 0) is 0 Å². The van der Waals surface area contributed by atoms with Crippen molar-refractivity contribution in [2.75, 3.05) is 6.54 Å². The number of hydrogen-bond donors (Lipinski definition) is 2. The van der Waals surface area contributed by atoms with E-state index < -0.39 is 0 Å². The molecule has 0 aromatic carbocycles. The Labute approximate surface area is 89.2 Å². The van der Waals surface area contributed by atoms with Gasteiger partial charge in [-0.25, -0.2) is 4.98 Å². The number of hydrogen-bond acceptors (Lipinski definition) is 4. The van der Waals surface area contributed by atoms with Crippen molar-refractivity contribution in [3.63, 3.8) is 0 Å². The highest BCUT2D eigenvalue weighted by Gasteiger charge is 2.08. The summed E-state index contributed by atoms with van der Waals surface area (Å²) < 4.78 is 0. The van der Waals surface area contributed by atoms with Gasteiger partial charge >= 0.3 is 0 Å². The molecule has 2 atom stereocenters. The Kier molecular flexibility index (Phi) is 5.07. The number of nitrogens with one attached hydrogen (secondary N) is 1. The Morgan fingerprint density at radius 3 is 3.00 bits per heavy atom. The van der Waals surface area contributed by atoms with E-state index in [9.17, 15) is 5.11 Å². The summed E-state index contributed by atoms with van der Waals surface area (Å²) in [6.45, 7) is 4.79. The van der Waals surface area contributed by atoms with E-state index in [0.29, 0.717) is 6.54 Å². The molecule has 0 saturated carbocycles. The minimum Gasteiger partial charge on any atom is -0.392 e. The maximum Gasteiger partial charge on any atom is 0.0795 e. The average molecular weight is 214 g/mol. The van der Waals surface area contributed by atoms with Crippen molar-refractivity contribution in [1.29, 1.82) is 0 Å². The summed E-state index contributed by atoms with van der Waals surface area (Å²) in [5.74, 6) is 0. The van der Waals surface area contributed by atoms with Crippen LogP contribution in [0.25, 0.3) is 0 Å². The number of rotatable bonds is 6. The van der Waals surface area contributed by atoms with Crippen molar-refractivity contribution in [2.45, 2.75) is 38.8 Å². The molecule has 80 valence electrons. The largest absolute Gasteiger partial charge is 0.392 e. The quantitative estimate of drug-likeness (QED) is 0.761. The normalized spacial score (nSPS) is 15.4. The standard InChI is InChI=1S/C10H18N2OS/c1-3-4-9(13)5-11-8(2)10-6-14-7-12-10/h6-9,11,13H,3-5H2,1-2H3. The Balaban J connectivity index is 2.24. The molecule has 14 heavy (non-hydrogen) atoms. The highest BCUT2D eigenvalue weighted by atomic mass is 32.1. The van der Waals surface area contributed by atoms with E-state index in [-0.39, 0.29) is 12.1 Å². The zero-order valence-corrected chi connectivity index (χ0v) is 9.55. The van der Waals surface area contributed by atoms with Crippen molar-refractivity contribution < 1.29 is 5.11 Å². The van der Waals surface area contributed by atoms with Crippen molar-refractivity contribution in [2.24, 2.45) is 0 Å². The second-order valence-electron chi connectivity index (χ2n) is 3.49. The van der Waals surface area contributed by atoms with Gasteiger partial charge in [0.1, 0.15) is 0 Å². The topological polar surface area (TPSA) is 45.1 Å². The third kappa shape index (κ3) is 3.74. The minimum atomic E-state index is -0.235. The number of nitrogens with zero attached hydrogens (tertiary/aromatic N) is 1. The summed E-state index contributed by atoms with van der Waals surface area (Å²) in [5.41, 5.74) is 2.88. The minimum absolute atomic E-state index is 0.229. The summed E-state index contributed by atoms with van der Waals surface area (Å²) in [6, 6.07) is 0.229. The van der Waals surface area contributed by atoms with E-state index in [0.717, 1.165) is 18.5 Å². The zero-order chi connectivity index (χ0) is 10.4. The molecule has 0 saturated heterocycles. The number of aromatic nitrogens is 1. The molecule has 0 aliphatic heterocycles. The Hall–Kier alpha value is -0.450. The van der Waals surface area contributed by atoms with E-state index in [4.69, 9.17) is 0 Å². The first-order valence-corrected chi connectivity index (χ1v) is 5.97. The molecule has 0 bridgehead atoms. The van der Waals surface area contributed by atoms with Crippen LogP contribution in [0.1, 0.15) is 38.4 Å². The summed E-state index contributed by atoms with van der Waals surface area (Å²) in [5, 5.41) is 14.8. The van der Waals surface area contributed by atoms with Crippen LogP contribution in [-0.4, -0.2) is 22.7 Å². The molecule has 4 heteroatoms. The van der Waals surface area contributed by atoms with Crippen LogP contribution in [0.15, 0.2) is 10.9 Å². The van der Waals surface area contributed by atoms with Gasteiger partial charge in [-0.2, -0.15) is 0 Å². The van der Waals surface area contributed by atoms with Gasteiger partial charge in [0.25, 0.3) is 0 Å². The molecule has 0 spiro atoms. The van der Waals surface area contributed by atoms with Crippen LogP contribution < -0.4 is 5.32 Å². The lowest BCUT2D eigenvalue weighted by molar-refractivity contribution is 0.157. The predicted octanol–water partition coefficient (Wildman–Crippen LogP) is 1.95. The van der Waals surface area contributed by atoms with Crippen molar-refractivity contribution in [3.8, 4) is 0 Å². The molecule has 3 nitrogen and oxygen atoms in total. The number of thiazole rings is 1. The van der Waals surface area contributed by atoms with Gasteiger partial charge in [0.05, 0.1) is 17.3 Å². The van der Waals surface area contributed by atoms with Crippen LogP contribution >= 0.6 is 11.3 Å². The highest BCUT2D eigenvalue weighted by Crippen LogP contribution is 2.11. The molecular formula is C10H18N2OS. The summed E-state index contributed by atoms with van der Waals surface area (Å²) in [6.07, 6.45) is 1.64. The van der Waals surface area contributed by atoms with Crippen LogP contribution in [0.4, 0.5) is 0 Å². The number of aliphatic hydroxyl groups excluding tert-OH is 1. The van der Waals surface area contributed by atoms with Gasteiger partial charge in [-0.15, -0.1) is 11.3 Å². The predicted molar refractivity (Wildman–Crippen MR) is 59.4 cm³/mol. The smallest absolute Gasteiger partial charge is 0.0795 e. The second kappa shape index (κ2) is 6.11. The Morgan fingerprint density at radius 2 is 2.43 bits per heavy atom. The number of aliphatic hydroxyl groups is 1. The fourth-order valence-electron chi connectivity index (χ4n) is 1.29. The van der Waals surface area contributed by atoms with Crippen molar-refractivity contribution >= 4 is 11.3 Å². The molecule has 0 aliphatic rings. The third-order valence-corrected chi connectivity index (χ3v) is 2.78. The van der Waals surface area contributed by atoms with Crippen molar-refractivity contribution in [1.82, 2.24) is 10.3 Å². The maximum absolute atomic E-state index is 9.52. The van der Waals surface area contributed by atoms with E-state index >= 15 is 0 Å². The summed E-state index contributed by atoms with van der Waals surface area (Å²) in [4.78, 5) is 4.21. The first-order valence-electron chi connectivity index (χ1n) is 5.03. The lowest BCUT2D eigenvalue weighted by atomic mass is 10.2. The van der Waals surface area contributed by atoms with Gasteiger partial charge in [-0.3, -0.25) is 0 Å². The maximum atomic E-state index is 9.52. The summed E-state index contributed by atoms with van der Waals surface area (Å²) in [7, 11) is 0. The van der Waals surface area contributed by atoms with Gasteiger partial charge in [0.15, 0.2) is 0 Å². The van der Waals surface area contributed by atoms with Gasteiger partial charge in [-0.1, -0.05) is 13.3 Å². The summed E-state index contributed by atoms with van der Waals surface area (Å²) >= 11 is 1.60. The third-order valence-electron chi connectivity index (χ3n) is 2.18. The van der Waals surface area contributed by atoms with Crippen molar-refractivity contribution in [3.05, 3.63) is 16.6 Å². The molecule has 0 fully saturated rings. The van der Waals surface area contributed by atoms with E-state index in [2.05, 4.69) is 24.1 Å². The highest BCUT2D eigenvalue weighted by molar-refractivity contribution is 7.07. The van der Waals surface area contributed by atoms with Crippen LogP contribution in [0, 0.1) is 0 Å². The van der Waals surface area contributed by atoms with Gasteiger partial charge in [0, 0.05) is 18.0 Å². The van der Waals surface area contributed by atoms with E-state index in [1.54, 1.807) is 11.3 Å². The molecule has 0 radical (unpaired) electrons. The van der Waals surface area contributed by atoms with Crippen LogP contribution in [0.2, 0.25) is 0 Å². The first-order chi connectivity index (χ1) is 6.74. The fraction of sp³-hybridized carbons (Fsp3) is 0.700. The molecule has 0 amide bonds. The molecule has 1 aromatic heterocycles. The molecular weight excluding hydrogens is 196 g/mol. The zero-order valence-electron chi connectivity index (χ0n) is 8.73. The van der Waals surface area contributed by atoms with Crippen LogP contribution in [0.3, 0.4) is 0 Å². The van der Waals surface area contributed by atoms with E-state index in [1.165, 1.54) is 0 Å². The average Bonchev–Trinajstić information content (AvgIpc) is 2.67. The molecule has 1 rings (SSSR count). The van der Waals surface area contributed by atoms with E-state index in [1.807, 2.05) is 10.9 Å². The van der Waals surface area contributed by atoms with Gasteiger partial charge in [-0.05, 0) is 13.3 Å². The molecule has 0 aliphatic carbocycles. The van der Waals surface area contributed by atoms with Gasteiger partial charge in [0.2, 0.25) is 0 Å². The second-order valence-corrected chi connectivity index (χ2v) is 4.20. The Morgan fingerprint density at radius 1 is 1.64 bits per heavy atom. The van der Waals surface area contributed by atoms with Crippen LogP contribution in [0.5, 0.6) is 0 Å². The molecule has 1 aromatic rings. The monoisotopic (exact) mass is 214 g/mol. The molecule has 1 heterocycles. The first kappa shape index (κ1) is 11.6. The SMILES string of the molecule is CCCC(O)CNC(C)c1cscn1. The Bertz CT molecular complexity index is 238. The molecule has 2 N–H and O–H groups in total. The fourth-order valence-corrected chi connectivity index (χ4v) is 1.94. The lowest BCUT2D eigenvalue weighted by Crippen LogP contribution is -2.29. The lowest BCUT2D eigenvalue weighted by Gasteiger charge is -2.14. The van der Waals surface area contributed by atoms with Gasteiger partial charge < -0.3 is 10.4 Å². The molecule has 2 unspecified atom stereocenters.